The largest absolute Gasteiger partial charge is 0.419 e. The van der Waals surface area contributed by atoms with Crippen LogP contribution in [0.15, 0.2) is 23.2 Å². The summed E-state index contributed by atoms with van der Waals surface area (Å²) in [6.07, 6.45) is -1.57. The summed E-state index contributed by atoms with van der Waals surface area (Å²) in [6.45, 7) is 0. The quantitative estimate of drug-likeness (QED) is 0.456. The molecule has 102 valence electrons. The fraction of sp³-hybridized carbons (Fsp3) is 0.462. The van der Waals surface area contributed by atoms with Gasteiger partial charge in [-0.05, 0) is 24.5 Å². The lowest BCUT2D eigenvalue weighted by Crippen LogP contribution is -2.25. The smallest absolute Gasteiger partial charge is 0.211 e. The Kier molecular flexibility index (Phi) is 3.45. The molecule has 0 atom stereocenters. The van der Waals surface area contributed by atoms with Gasteiger partial charge in [0.15, 0.2) is 0 Å². The van der Waals surface area contributed by atoms with E-state index < -0.39 is 23.1 Å². The highest BCUT2D eigenvalue weighted by atomic mass is 19.4. The molecular weight excluding hydrogens is 262 g/mol. The Bertz CT molecular complexity index is 526. The SMILES string of the molecule is O=C=NC1(c2cccc(F)c2C(F)(F)F)CCCC1. The van der Waals surface area contributed by atoms with E-state index in [2.05, 4.69) is 4.99 Å². The van der Waals surface area contributed by atoms with Crippen molar-refractivity contribution in [1.82, 2.24) is 0 Å². The fourth-order valence-corrected chi connectivity index (χ4v) is 2.69. The Morgan fingerprint density at radius 3 is 2.37 bits per heavy atom. The van der Waals surface area contributed by atoms with E-state index in [-0.39, 0.29) is 5.56 Å². The van der Waals surface area contributed by atoms with E-state index in [0.717, 1.165) is 6.07 Å². The van der Waals surface area contributed by atoms with Gasteiger partial charge in [0.25, 0.3) is 0 Å². The van der Waals surface area contributed by atoms with Crippen LogP contribution in [-0.4, -0.2) is 6.08 Å². The summed E-state index contributed by atoms with van der Waals surface area (Å²) < 4.78 is 52.5. The maximum absolute atomic E-state index is 13.5. The van der Waals surface area contributed by atoms with Crippen LogP contribution in [0.25, 0.3) is 0 Å². The first-order chi connectivity index (χ1) is 8.91. The maximum atomic E-state index is 13.5. The van der Waals surface area contributed by atoms with Crippen molar-refractivity contribution in [2.75, 3.05) is 0 Å². The van der Waals surface area contributed by atoms with Gasteiger partial charge in [0.2, 0.25) is 6.08 Å². The molecule has 1 aliphatic carbocycles. The number of halogens is 4. The number of nitrogens with zero attached hydrogens (tertiary/aromatic N) is 1. The highest BCUT2D eigenvalue weighted by Gasteiger charge is 2.45. The molecule has 1 saturated carbocycles. The van der Waals surface area contributed by atoms with E-state index in [9.17, 15) is 22.4 Å². The number of hydrogen-bond donors (Lipinski definition) is 0. The number of alkyl halides is 3. The summed E-state index contributed by atoms with van der Waals surface area (Å²) in [6, 6.07) is 3.16. The minimum Gasteiger partial charge on any atom is -0.211 e. The van der Waals surface area contributed by atoms with Crippen LogP contribution in [0.5, 0.6) is 0 Å². The van der Waals surface area contributed by atoms with Gasteiger partial charge in [-0.25, -0.2) is 9.18 Å². The summed E-state index contributed by atoms with van der Waals surface area (Å²) >= 11 is 0. The van der Waals surface area contributed by atoms with Crippen LogP contribution in [0.3, 0.4) is 0 Å². The number of carbonyl (C=O) groups excluding carboxylic acids is 1. The van der Waals surface area contributed by atoms with Crippen LogP contribution in [0.1, 0.15) is 36.8 Å². The predicted molar refractivity (Wildman–Crippen MR) is 59.7 cm³/mol. The average Bonchev–Trinajstić information content (AvgIpc) is 2.77. The topological polar surface area (TPSA) is 29.4 Å². The van der Waals surface area contributed by atoms with Crippen molar-refractivity contribution in [2.45, 2.75) is 37.4 Å². The average molecular weight is 273 g/mol. The molecule has 1 aliphatic rings. The highest BCUT2D eigenvalue weighted by Crippen LogP contribution is 2.47. The molecule has 1 fully saturated rings. The Morgan fingerprint density at radius 1 is 1.21 bits per heavy atom. The van der Waals surface area contributed by atoms with E-state index in [1.54, 1.807) is 0 Å². The van der Waals surface area contributed by atoms with Gasteiger partial charge in [-0.1, -0.05) is 25.0 Å². The molecule has 0 aromatic heterocycles. The van der Waals surface area contributed by atoms with Crippen molar-refractivity contribution < 1.29 is 22.4 Å². The molecule has 0 aliphatic heterocycles. The molecule has 0 heterocycles. The van der Waals surface area contributed by atoms with Gasteiger partial charge < -0.3 is 0 Å². The second kappa shape index (κ2) is 4.78. The molecule has 0 amide bonds. The summed E-state index contributed by atoms with van der Waals surface area (Å²) in [4.78, 5) is 14.1. The van der Waals surface area contributed by atoms with E-state index >= 15 is 0 Å². The molecule has 0 bridgehead atoms. The van der Waals surface area contributed by atoms with Crippen LogP contribution in [0, 0.1) is 5.82 Å². The molecule has 0 saturated heterocycles. The molecule has 2 rings (SSSR count). The summed E-state index contributed by atoms with van der Waals surface area (Å²) in [7, 11) is 0. The van der Waals surface area contributed by atoms with Crippen molar-refractivity contribution in [3.8, 4) is 0 Å². The Labute approximate surface area is 107 Å². The van der Waals surface area contributed by atoms with Crippen LogP contribution in [-0.2, 0) is 16.5 Å². The van der Waals surface area contributed by atoms with Gasteiger partial charge in [0.05, 0.1) is 11.1 Å². The lowest BCUT2D eigenvalue weighted by Gasteiger charge is -2.26. The number of benzene rings is 1. The summed E-state index contributed by atoms with van der Waals surface area (Å²) in [5, 5.41) is 0. The zero-order chi connectivity index (χ0) is 14.1. The normalized spacial score (nSPS) is 18.1. The maximum Gasteiger partial charge on any atom is 0.419 e. The van der Waals surface area contributed by atoms with E-state index in [4.69, 9.17) is 0 Å². The van der Waals surface area contributed by atoms with E-state index in [1.165, 1.54) is 18.2 Å². The molecule has 19 heavy (non-hydrogen) atoms. The summed E-state index contributed by atoms with van der Waals surface area (Å²) in [5.74, 6) is -1.34. The number of rotatable bonds is 2. The molecule has 1 aromatic rings. The third-order valence-electron chi connectivity index (χ3n) is 3.49. The summed E-state index contributed by atoms with van der Waals surface area (Å²) in [5.41, 5.74) is -2.87. The van der Waals surface area contributed by atoms with Gasteiger partial charge in [-0.3, -0.25) is 0 Å². The zero-order valence-corrected chi connectivity index (χ0v) is 9.93. The zero-order valence-electron chi connectivity index (χ0n) is 9.93. The van der Waals surface area contributed by atoms with Gasteiger partial charge >= 0.3 is 6.18 Å². The van der Waals surface area contributed by atoms with Crippen LogP contribution in [0.4, 0.5) is 17.6 Å². The lowest BCUT2D eigenvalue weighted by atomic mass is 9.85. The van der Waals surface area contributed by atoms with Crippen molar-refractivity contribution in [1.29, 1.82) is 0 Å². The second-order valence-electron chi connectivity index (χ2n) is 4.60. The first kappa shape index (κ1) is 13.7. The standard InChI is InChI=1S/C13H11F4NO/c14-10-5-3-4-9(11(10)13(15,16)17)12(18-8-19)6-1-2-7-12/h3-5H,1-2,6-7H2. The first-order valence-corrected chi connectivity index (χ1v) is 5.86. The minimum atomic E-state index is -4.81. The number of hydrogen-bond acceptors (Lipinski definition) is 2. The Balaban J connectivity index is 2.68. The van der Waals surface area contributed by atoms with Gasteiger partial charge in [-0.15, -0.1) is 0 Å². The third-order valence-corrected chi connectivity index (χ3v) is 3.49. The first-order valence-electron chi connectivity index (χ1n) is 5.86. The van der Waals surface area contributed by atoms with E-state index in [1.807, 2.05) is 0 Å². The van der Waals surface area contributed by atoms with Crippen LogP contribution >= 0.6 is 0 Å². The number of aliphatic imine (C=N–C) groups is 1. The highest BCUT2D eigenvalue weighted by molar-refractivity contribution is 5.43. The predicted octanol–water partition coefficient (Wildman–Crippen LogP) is 3.95. The molecule has 0 spiro atoms. The lowest BCUT2D eigenvalue weighted by molar-refractivity contribution is -0.141. The van der Waals surface area contributed by atoms with Crippen molar-refractivity contribution >= 4 is 6.08 Å². The van der Waals surface area contributed by atoms with E-state index in [0.29, 0.717) is 25.7 Å². The van der Waals surface area contributed by atoms with Gasteiger partial charge in [0.1, 0.15) is 5.82 Å². The van der Waals surface area contributed by atoms with Crippen molar-refractivity contribution in [3.05, 3.63) is 35.1 Å². The second-order valence-corrected chi connectivity index (χ2v) is 4.60. The molecule has 0 unspecified atom stereocenters. The molecule has 1 aromatic carbocycles. The number of isocyanates is 1. The monoisotopic (exact) mass is 273 g/mol. The Hall–Kier alpha value is -1.68. The van der Waals surface area contributed by atoms with Crippen molar-refractivity contribution in [2.24, 2.45) is 4.99 Å². The van der Waals surface area contributed by atoms with Crippen LogP contribution in [0.2, 0.25) is 0 Å². The molecule has 6 heteroatoms. The van der Waals surface area contributed by atoms with Crippen LogP contribution < -0.4 is 0 Å². The third kappa shape index (κ3) is 2.40. The van der Waals surface area contributed by atoms with Crippen molar-refractivity contribution in [3.63, 3.8) is 0 Å². The fourth-order valence-electron chi connectivity index (χ4n) is 2.69. The molecule has 2 nitrogen and oxygen atoms in total. The van der Waals surface area contributed by atoms with Gasteiger partial charge in [0, 0.05) is 0 Å². The minimum absolute atomic E-state index is 0.263. The molecule has 0 N–H and O–H groups in total. The molecule has 0 radical (unpaired) electrons. The Morgan fingerprint density at radius 2 is 1.84 bits per heavy atom. The van der Waals surface area contributed by atoms with Gasteiger partial charge in [-0.2, -0.15) is 18.2 Å². The molecular formula is C13H11F4NO.